The molecule has 4 heterocycles. The summed E-state index contributed by atoms with van der Waals surface area (Å²) in [6.07, 6.45) is 6.62. The molecule has 0 spiro atoms. The molecule has 2 saturated heterocycles. The predicted octanol–water partition coefficient (Wildman–Crippen LogP) is 5.73. The van der Waals surface area contributed by atoms with Crippen LogP contribution in [0, 0.1) is 36.2 Å². The van der Waals surface area contributed by atoms with E-state index in [1.165, 1.54) is 18.2 Å². The Morgan fingerprint density at radius 1 is 0.950 bits per heavy atom. The standard InChI is InChI=1S/C30H27F3N6O/c1-17-2-3-20(31)12-22(17)29-14-18(29)7-10-38(29)28(40)35-25-16-34-39-11-8-26(36-27(25)39)37-9-6-19-15-30(19,37)23-13-21(32)4-5-24(23)33/h2-5,8,11-13,16,18-19H,6-7,9-10,14-15H2,1H3,(H,35,40)/t18-,19-,29+,30+/m0/s1. The van der Waals surface area contributed by atoms with Crippen LogP contribution in [0.1, 0.15) is 42.4 Å². The Morgan fingerprint density at radius 3 is 2.48 bits per heavy atom. The summed E-state index contributed by atoms with van der Waals surface area (Å²) < 4.78 is 44.8. The molecule has 2 saturated carbocycles. The fourth-order valence-corrected chi connectivity index (χ4v) is 7.67. The van der Waals surface area contributed by atoms with Crippen LogP contribution >= 0.6 is 0 Å². The minimum Gasteiger partial charge on any atom is -0.346 e. The number of carbonyl (C=O) groups excluding carboxylic acids is 1. The second-order valence-electron chi connectivity index (χ2n) is 11.7. The van der Waals surface area contributed by atoms with E-state index in [0.717, 1.165) is 42.9 Å². The molecule has 4 fully saturated rings. The van der Waals surface area contributed by atoms with Crippen molar-refractivity contribution in [3.05, 3.63) is 89.0 Å². The van der Waals surface area contributed by atoms with Gasteiger partial charge in [-0.1, -0.05) is 6.07 Å². The van der Waals surface area contributed by atoms with Crippen molar-refractivity contribution in [2.75, 3.05) is 23.3 Å². The highest BCUT2D eigenvalue weighted by molar-refractivity contribution is 5.94. The second-order valence-corrected chi connectivity index (χ2v) is 11.7. The van der Waals surface area contributed by atoms with E-state index in [4.69, 9.17) is 4.98 Å². The molecule has 0 radical (unpaired) electrons. The van der Waals surface area contributed by atoms with Crippen molar-refractivity contribution < 1.29 is 18.0 Å². The van der Waals surface area contributed by atoms with Crippen molar-refractivity contribution in [2.45, 2.75) is 43.7 Å². The van der Waals surface area contributed by atoms with Gasteiger partial charge in [-0.05, 0) is 92.0 Å². The summed E-state index contributed by atoms with van der Waals surface area (Å²) >= 11 is 0. The number of urea groups is 1. The zero-order valence-corrected chi connectivity index (χ0v) is 21.9. The molecule has 4 aromatic rings. The van der Waals surface area contributed by atoms with E-state index in [1.807, 2.05) is 17.9 Å². The number of piperidine rings is 2. The number of hydrogen-bond donors (Lipinski definition) is 1. The smallest absolute Gasteiger partial charge is 0.322 e. The summed E-state index contributed by atoms with van der Waals surface area (Å²) in [5.74, 6) is -0.00647. The molecule has 204 valence electrons. The van der Waals surface area contributed by atoms with Crippen molar-refractivity contribution in [2.24, 2.45) is 11.8 Å². The van der Waals surface area contributed by atoms with E-state index in [0.29, 0.717) is 41.7 Å². The van der Waals surface area contributed by atoms with Gasteiger partial charge in [-0.2, -0.15) is 5.10 Å². The lowest BCUT2D eigenvalue weighted by molar-refractivity contribution is 0.192. The van der Waals surface area contributed by atoms with Gasteiger partial charge in [0.2, 0.25) is 0 Å². The molecule has 1 N–H and O–H groups in total. The average Bonchev–Trinajstić information content (AvgIpc) is 3.69. The summed E-state index contributed by atoms with van der Waals surface area (Å²) in [6, 6.07) is 9.96. The molecule has 4 atom stereocenters. The lowest BCUT2D eigenvalue weighted by atomic mass is 9.97. The van der Waals surface area contributed by atoms with Crippen molar-refractivity contribution in [1.82, 2.24) is 19.5 Å². The molecule has 0 unspecified atom stereocenters. The number of halogens is 3. The molecule has 40 heavy (non-hydrogen) atoms. The van der Waals surface area contributed by atoms with Gasteiger partial charge in [0.25, 0.3) is 0 Å². The maximum absolute atomic E-state index is 14.9. The molecule has 4 aliphatic rings. The van der Waals surface area contributed by atoms with Crippen LogP contribution in [0.5, 0.6) is 0 Å². The van der Waals surface area contributed by atoms with Crippen LogP contribution in [0.2, 0.25) is 0 Å². The molecule has 0 bridgehead atoms. The highest BCUT2D eigenvalue weighted by Gasteiger charge is 2.65. The Bertz CT molecular complexity index is 1720. The van der Waals surface area contributed by atoms with Crippen LogP contribution in [-0.4, -0.2) is 38.6 Å². The second kappa shape index (κ2) is 7.99. The summed E-state index contributed by atoms with van der Waals surface area (Å²) in [5.41, 5.74) is 2.02. The first-order chi connectivity index (χ1) is 19.3. The van der Waals surface area contributed by atoms with E-state index in [1.54, 1.807) is 29.0 Å². The highest BCUT2D eigenvalue weighted by Crippen LogP contribution is 2.64. The van der Waals surface area contributed by atoms with Crippen LogP contribution in [0.25, 0.3) is 5.65 Å². The number of nitrogens with zero attached hydrogens (tertiary/aromatic N) is 5. The van der Waals surface area contributed by atoms with Gasteiger partial charge in [0, 0.05) is 24.8 Å². The van der Waals surface area contributed by atoms with Gasteiger partial charge >= 0.3 is 6.03 Å². The Morgan fingerprint density at radius 2 is 1.68 bits per heavy atom. The predicted molar refractivity (Wildman–Crippen MR) is 142 cm³/mol. The van der Waals surface area contributed by atoms with E-state index < -0.39 is 22.7 Å². The van der Waals surface area contributed by atoms with Gasteiger partial charge in [0.05, 0.1) is 17.3 Å². The van der Waals surface area contributed by atoms with Gasteiger partial charge in [0.1, 0.15) is 29.0 Å². The minimum absolute atomic E-state index is 0.232. The SMILES string of the molecule is Cc1ccc(F)cc1[C@@]12C[C@@H]1CCN2C(=O)Nc1cnn2ccc(N3CC[C@H]4C[C@]43c3cc(F)ccc3F)nc12. The summed E-state index contributed by atoms with van der Waals surface area (Å²) in [4.78, 5) is 22.4. The van der Waals surface area contributed by atoms with Gasteiger partial charge in [0.15, 0.2) is 5.65 Å². The molecule has 2 aliphatic carbocycles. The first-order valence-corrected chi connectivity index (χ1v) is 13.7. The summed E-state index contributed by atoms with van der Waals surface area (Å²) in [5, 5.41) is 7.38. The van der Waals surface area contributed by atoms with E-state index in [2.05, 4.69) is 15.3 Å². The molecular formula is C30H27F3N6O. The van der Waals surface area contributed by atoms with E-state index in [9.17, 15) is 18.0 Å². The monoisotopic (exact) mass is 544 g/mol. The number of nitrogens with one attached hydrogen (secondary N) is 1. The number of aryl methyl sites for hydroxylation is 1. The number of hydrogen-bond acceptors (Lipinski definition) is 4. The third-order valence-corrected chi connectivity index (χ3v) is 9.69. The number of rotatable bonds is 4. The largest absolute Gasteiger partial charge is 0.346 e. The Balaban J connectivity index is 1.11. The third kappa shape index (κ3) is 3.16. The number of fused-ring (bicyclic) bond motifs is 3. The maximum Gasteiger partial charge on any atom is 0.322 e. The van der Waals surface area contributed by atoms with E-state index in [-0.39, 0.29) is 17.8 Å². The molecule has 8 rings (SSSR count). The third-order valence-electron chi connectivity index (χ3n) is 9.69. The molecule has 2 amide bonds. The lowest BCUT2D eigenvalue weighted by Gasteiger charge is -2.31. The Hall–Kier alpha value is -4.08. The normalized spacial score (nSPS) is 28.1. The van der Waals surface area contributed by atoms with Gasteiger partial charge in [-0.15, -0.1) is 0 Å². The Labute approximate surface area is 228 Å². The number of carbonyl (C=O) groups is 1. The quantitative estimate of drug-likeness (QED) is 0.356. The fourth-order valence-electron chi connectivity index (χ4n) is 7.67. The number of likely N-dealkylation sites (tertiary alicyclic amines) is 1. The van der Waals surface area contributed by atoms with Gasteiger partial charge in [-0.3, -0.25) is 0 Å². The maximum atomic E-state index is 14.9. The van der Waals surface area contributed by atoms with Gasteiger partial charge in [-0.25, -0.2) is 27.5 Å². The number of anilines is 2. The number of aromatic nitrogens is 3. The zero-order valence-electron chi connectivity index (χ0n) is 21.9. The summed E-state index contributed by atoms with van der Waals surface area (Å²) in [6.45, 7) is 3.21. The molecule has 2 aromatic heterocycles. The van der Waals surface area contributed by atoms with Crippen LogP contribution in [0.3, 0.4) is 0 Å². The van der Waals surface area contributed by atoms with Gasteiger partial charge < -0.3 is 15.1 Å². The van der Waals surface area contributed by atoms with E-state index >= 15 is 0 Å². The van der Waals surface area contributed by atoms with Crippen molar-refractivity contribution in [1.29, 1.82) is 0 Å². The van der Waals surface area contributed by atoms with Crippen LogP contribution in [0.4, 0.5) is 29.5 Å². The van der Waals surface area contributed by atoms with Crippen molar-refractivity contribution in [3.8, 4) is 0 Å². The van der Waals surface area contributed by atoms with Crippen molar-refractivity contribution >= 4 is 23.2 Å². The van der Waals surface area contributed by atoms with Crippen LogP contribution < -0.4 is 10.2 Å². The van der Waals surface area contributed by atoms with Crippen LogP contribution in [0.15, 0.2) is 54.9 Å². The first-order valence-electron chi connectivity index (χ1n) is 13.7. The van der Waals surface area contributed by atoms with Crippen molar-refractivity contribution in [3.63, 3.8) is 0 Å². The highest BCUT2D eigenvalue weighted by atomic mass is 19.1. The average molecular weight is 545 g/mol. The lowest BCUT2D eigenvalue weighted by Crippen LogP contribution is -2.41. The molecule has 7 nitrogen and oxygen atoms in total. The fraction of sp³-hybridized carbons (Fsp3) is 0.367. The first kappa shape index (κ1) is 23.8. The molecule has 10 heteroatoms. The number of benzene rings is 2. The molecule has 2 aromatic carbocycles. The minimum atomic E-state index is -0.618. The number of amides is 2. The topological polar surface area (TPSA) is 65.8 Å². The van der Waals surface area contributed by atoms with Crippen LogP contribution in [-0.2, 0) is 11.1 Å². The Kier molecular flexibility index (Phi) is 4.75. The molecular weight excluding hydrogens is 517 g/mol. The molecule has 2 aliphatic heterocycles. The summed E-state index contributed by atoms with van der Waals surface area (Å²) in [7, 11) is 0. The zero-order chi connectivity index (χ0) is 27.4.